The molecule has 3 aromatic rings. The number of rotatable bonds is 5. The molecule has 0 radical (unpaired) electrons. The first kappa shape index (κ1) is 15.5. The van der Waals surface area contributed by atoms with E-state index in [4.69, 9.17) is 16.3 Å². The van der Waals surface area contributed by atoms with Crippen LogP contribution in [0.25, 0.3) is 5.69 Å². The van der Waals surface area contributed by atoms with Crippen molar-refractivity contribution >= 4 is 34.0 Å². The number of carbonyl (C=O) groups excluding carboxylic acids is 1. The molecule has 0 saturated heterocycles. The number of anilines is 1. The molecular weight excluding hydrogens is 336 g/mol. The van der Waals surface area contributed by atoms with Gasteiger partial charge in [0.2, 0.25) is 0 Å². The first-order chi connectivity index (χ1) is 11.1. The number of nitrogens with one attached hydrogen (secondary N) is 1. The minimum Gasteiger partial charge on any atom is -0.465 e. The summed E-state index contributed by atoms with van der Waals surface area (Å²) in [7, 11) is 0. The topological polar surface area (TPSA) is 69.0 Å². The number of halogens is 1. The number of hydrogen-bond acceptors (Lipinski definition) is 5. The molecule has 2 aromatic heterocycles. The first-order valence-electron chi connectivity index (χ1n) is 6.77. The van der Waals surface area contributed by atoms with Gasteiger partial charge in [-0.2, -0.15) is 0 Å². The number of aryl methyl sites for hydroxylation is 1. The summed E-state index contributed by atoms with van der Waals surface area (Å²) in [6.07, 6.45) is 3.33. The second-order valence-corrected chi connectivity index (χ2v) is 6.32. The third kappa shape index (κ3) is 3.88. The lowest BCUT2D eigenvalue weighted by Gasteiger charge is -2.03. The molecule has 118 valence electrons. The highest BCUT2D eigenvalue weighted by molar-refractivity contribution is 7.15. The Morgan fingerprint density at radius 1 is 1.39 bits per heavy atom. The van der Waals surface area contributed by atoms with E-state index in [1.807, 2.05) is 37.3 Å². The average Bonchev–Trinajstić information content (AvgIpc) is 3.12. The van der Waals surface area contributed by atoms with Gasteiger partial charge in [-0.3, -0.25) is 10.1 Å². The molecule has 8 heteroatoms. The van der Waals surface area contributed by atoms with Gasteiger partial charge in [-0.25, -0.2) is 9.67 Å². The maximum absolute atomic E-state index is 11.8. The van der Waals surface area contributed by atoms with Crippen LogP contribution in [0.15, 0.2) is 42.7 Å². The zero-order chi connectivity index (χ0) is 16.2. The summed E-state index contributed by atoms with van der Waals surface area (Å²) in [6.45, 7) is 1.73. The third-order valence-corrected chi connectivity index (χ3v) is 3.95. The number of hydrogen-bond donors (Lipinski definition) is 1. The van der Waals surface area contributed by atoms with Gasteiger partial charge in [0.05, 0.1) is 11.9 Å². The lowest BCUT2D eigenvalue weighted by molar-refractivity contribution is -0.118. The second-order valence-electron chi connectivity index (χ2n) is 4.68. The Hall–Kier alpha value is -2.38. The number of nitrogens with zero attached hydrogens (tertiary/aromatic N) is 3. The number of thiazole rings is 1. The van der Waals surface area contributed by atoms with Crippen LogP contribution in [0.1, 0.15) is 4.88 Å². The molecule has 6 nitrogen and oxygen atoms in total. The minimum atomic E-state index is -0.315. The summed E-state index contributed by atoms with van der Waals surface area (Å²) in [5, 5.41) is 7.77. The Kier molecular flexibility index (Phi) is 4.59. The molecule has 1 aromatic carbocycles. The number of ether oxygens (including phenoxy) is 1. The van der Waals surface area contributed by atoms with E-state index in [0.717, 1.165) is 10.6 Å². The van der Waals surface area contributed by atoms with Gasteiger partial charge < -0.3 is 4.74 Å². The highest BCUT2D eigenvalue weighted by atomic mass is 35.5. The van der Waals surface area contributed by atoms with Crippen molar-refractivity contribution in [2.75, 3.05) is 11.9 Å². The number of carbonyl (C=O) groups is 1. The normalized spacial score (nSPS) is 10.5. The minimum absolute atomic E-state index is 0.190. The largest absolute Gasteiger partial charge is 0.465 e. The number of aromatic nitrogens is 3. The summed E-state index contributed by atoms with van der Waals surface area (Å²) in [5.41, 5.74) is 0.854. The molecule has 0 atom stereocenters. The Balaban J connectivity index is 1.62. The summed E-state index contributed by atoms with van der Waals surface area (Å²) in [6, 6.07) is 9.50. The van der Waals surface area contributed by atoms with E-state index in [1.54, 1.807) is 17.1 Å². The smallest absolute Gasteiger partial charge is 0.264 e. The van der Waals surface area contributed by atoms with Crippen molar-refractivity contribution in [1.29, 1.82) is 0 Å². The zero-order valence-electron chi connectivity index (χ0n) is 12.2. The fourth-order valence-electron chi connectivity index (χ4n) is 1.85. The molecule has 0 unspecified atom stereocenters. The van der Waals surface area contributed by atoms with Crippen molar-refractivity contribution in [3.05, 3.63) is 52.6 Å². The molecule has 0 fully saturated rings. The maximum atomic E-state index is 11.8. The lowest BCUT2D eigenvalue weighted by atomic mass is 10.3. The van der Waals surface area contributed by atoms with E-state index in [9.17, 15) is 4.79 Å². The molecular formula is C15H13ClN4O2S. The van der Waals surface area contributed by atoms with Gasteiger partial charge in [-0.05, 0) is 19.1 Å². The van der Waals surface area contributed by atoms with Gasteiger partial charge in [-0.15, -0.1) is 16.4 Å². The van der Waals surface area contributed by atoms with Crippen LogP contribution in [0.2, 0.25) is 5.02 Å². The average molecular weight is 349 g/mol. The van der Waals surface area contributed by atoms with Crippen LogP contribution in [-0.2, 0) is 4.79 Å². The molecule has 0 aliphatic rings. The molecule has 3 rings (SSSR count). The predicted octanol–water partition coefficient (Wildman–Crippen LogP) is 3.31. The third-order valence-electron chi connectivity index (χ3n) is 2.87. The molecule has 0 bridgehead atoms. The number of amides is 1. The van der Waals surface area contributed by atoms with Crippen molar-refractivity contribution in [1.82, 2.24) is 14.8 Å². The molecule has 1 N–H and O–H groups in total. The number of para-hydroxylation sites is 1. The van der Waals surface area contributed by atoms with Gasteiger partial charge in [0.1, 0.15) is 5.02 Å². The van der Waals surface area contributed by atoms with E-state index in [-0.39, 0.29) is 18.4 Å². The number of benzene rings is 1. The van der Waals surface area contributed by atoms with Crippen LogP contribution in [0, 0.1) is 6.92 Å². The summed E-state index contributed by atoms with van der Waals surface area (Å²) in [5.74, 6) is -0.106. The second kappa shape index (κ2) is 6.80. The van der Waals surface area contributed by atoms with Crippen molar-refractivity contribution < 1.29 is 9.53 Å². The highest BCUT2D eigenvalue weighted by Gasteiger charge is 2.12. The fourth-order valence-corrected chi connectivity index (χ4v) is 2.72. The molecule has 23 heavy (non-hydrogen) atoms. The molecule has 1 amide bonds. The Bertz CT molecular complexity index is 816. The van der Waals surface area contributed by atoms with Crippen LogP contribution in [-0.4, -0.2) is 27.3 Å². The van der Waals surface area contributed by atoms with Gasteiger partial charge in [0.25, 0.3) is 11.8 Å². The zero-order valence-corrected chi connectivity index (χ0v) is 13.8. The van der Waals surface area contributed by atoms with Crippen molar-refractivity contribution in [3.8, 4) is 11.6 Å². The molecule has 2 heterocycles. The van der Waals surface area contributed by atoms with Crippen LogP contribution in [0.4, 0.5) is 5.13 Å². The van der Waals surface area contributed by atoms with Gasteiger partial charge in [0, 0.05) is 11.1 Å². The monoisotopic (exact) mass is 348 g/mol. The fraction of sp³-hybridized carbons (Fsp3) is 0.133. The summed E-state index contributed by atoms with van der Waals surface area (Å²) in [4.78, 5) is 16.9. The lowest BCUT2D eigenvalue weighted by Crippen LogP contribution is -2.20. The van der Waals surface area contributed by atoms with Crippen LogP contribution in [0.3, 0.4) is 0 Å². The quantitative estimate of drug-likeness (QED) is 0.768. The Labute approximate surface area is 141 Å². The van der Waals surface area contributed by atoms with Gasteiger partial charge >= 0.3 is 0 Å². The van der Waals surface area contributed by atoms with E-state index in [2.05, 4.69) is 15.4 Å². The Morgan fingerprint density at radius 3 is 2.87 bits per heavy atom. The van der Waals surface area contributed by atoms with Gasteiger partial charge in [-0.1, -0.05) is 29.8 Å². The standard InChI is InChI=1S/C15H13ClN4O2S/c1-10-7-17-15(23-10)18-13(21)9-22-14-12(16)8-20(19-14)11-5-3-2-4-6-11/h2-8H,9H2,1H3,(H,17,18,21). The van der Waals surface area contributed by atoms with E-state index >= 15 is 0 Å². The molecule has 0 spiro atoms. The van der Waals surface area contributed by atoms with E-state index in [1.165, 1.54) is 11.3 Å². The van der Waals surface area contributed by atoms with Crippen LogP contribution < -0.4 is 10.1 Å². The predicted molar refractivity (Wildman–Crippen MR) is 89.5 cm³/mol. The van der Waals surface area contributed by atoms with E-state index < -0.39 is 0 Å². The SMILES string of the molecule is Cc1cnc(NC(=O)COc2nn(-c3ccccc3)cc2Cl)s1. The Morgan fingerprint density at radius 2 is 2.17 bits per heavy atom. The molecule has 0 saturated carbocycles. The summed E-state index contributed by atoms with van der Waals surface area (Å²) >= 11 is 7.49. The van der Waals surface area contributed by atoms with Gasteiger partial charge in [0.15, 0.2) is 11.7 Å². The van der Waals surface area contributed by atoms with Crippen molar-refractivity contribution in [3.63, 3.8) is 0 Å². The van der Waals surface area contributed by atoms with Crippen LogP contribution in [0.5, 0.6) is 5.88 Å². The van der Waals surface area contributed by atoms with Crippen molar-refractivity contribution in [2.45, 2.75) is 6.92 Å². The maximum Gasteiger partial charge on any atom is 0.264 e. The van der Waals surface area contributed by atoms with E-state index in [0.29, 0.717) is 10.2 Å². The molecule has 0 aliphatic heterocycles. The highest BCUT2D eigenvalue weighted by Crippen LogP contribution is 2.24. The first-order valence-corrected chi connectivity index (χ1v) is 7.97. The van der Waals surface area contributed by atoms with Crippen molar-refractivity contribution in [2.24, 2.45) is 0 Å². The van der Waals surface area contributed by atoms with Crippen LogP contribution >= 0.6 is 22.9 Å². The molecule has 0 aliphatic carbocycles. The summed E-state index contributed by atoms with van der Waals surface area (Å²) < 4.78 is 6.98.